The first-order chi connectivity index (χ1) is 14.3. The van der Waals surface area contributed by atoms with Gasteiger partial charge in [0.05, 0.1) is 0 Å². The molecule has 9 nitrogen and oxygen atoms in total. The largest absolute Gasteiger partial charge is 0.459 e. The van der Waals surface area contributed by atoms with Crippen molar-refractivity contribution in [2.24, 2.45) is 0 Å². The van der Waals surface area contributed by atoms with Crippen molar-refractivity contribution < 1.29 is 18.5 Å². The zero-order valence-corrected chi connectivity index (χ0v) is 17.7. The number of nitrogens with zero attached hydrogens (tertiary/aromatic N) is 5. The van der Waals surface area contributed by atoms with Crippen LogP contribution < -0.4 is 0 Å². The van der Waals surface area contributed by atoms with Crippen LogP contribution in [0.25, 0.3) is 11.0 Å². The molecular formula is C21H27N5O4. The van der Waals surface area contributed by atoms with Crippen LogP contribution in [-0.2, 0) is 4.74 Å². The minimum Gasteiger partial charge on any atom is -0.459 e. The molecule has 1 atom stereocenters. The molecule has 1 aliphatic rings. The Morgan fingerprint density at radius 1 is 1.33 bits per heavy atom. The normalized spacial score (nSPS) is 16.9. The van der Waals surface area contributed by atoms with Gasteiger partial charge in [-0.1, -0.05) is 5.16 Å². The topological polar surface area (TPSA) is 97.7 Å². The second-order valence-corrected chi connectivity index (χ2v) is 8.62. The SMILES string of the molecule is CN(C1CCN(C(=O)OC(C)(C)C)CC1)C(c1ncon1)c1cc2cnccc2o1. The maximum absolute atomic E-state index is 12.4. The summed E-state index contributed by atoms with van der Waals surface area (Å²) in [6, 6.07) is 3.73. The summed E-state index contributed by atoms with van der Waals surface area (Å²) in [6.45, 7) is 6.90. The molecule has 4 rings (SSSR count). The van der Waals surface area contributed by atoms with Crippen LogP contribution in [0, 0.1) is 0 Å². The number of rotatable bonds is 4. The predicted octanol–water partition coefficient (Wildman–Crippen LogP) is 3.63. The van der Waals surface area contributed by atoms with Crippen LogP contribution in [-0.4, -0.2) is 62.8 Å². The third-order valence-electron chi connectivity index (χ3n) is 5.33. The summed E-state index contributed by atoms with van der Waals surface area (Å²) in [4.78, 5) is 24.8. The van der Waals surface area contributed by atoms with Crippen molar-refractivity contribution in [3.05, 3.63) is 42.5 Å². The molecule has 0 spiro atoms. The number of hydrogen-bond acceptors (Lipinski definition) is 8. The van der Waals surface area contributed by atoms with Gasteiger partial charge in [-0.25, -0.2) is 4.79 Å². The van der Waals surface area contributed by atoms with Gasteiger partial charge in [0.2, 0.25) is 6.39 Å². The Bertz CT molecular complexity index is 953. The first kappa shape index (κ1) is 20.3. The van der Waals surface area contributed by atoms with Crippen LogP contribution in [0.5, 0.6) is 0 Å². The highest BCUT2D eigenvalue weighted by atomic mass is 16.6. The summed E-state index contributed by atoms with van der Waals surface area (Å²) in [5.41, 5.74) is 0.270. The van der Waals surface area contributed by atoms with Crippen molar-refractivity contribution in [2.75, 3.05) is 20.1 Å². The highest BCUT2D eigenvalue weighted by Gasteiger charge is 2.35. The van der Waals surface area contributed by atoms with Crippen molar-refractivity contribution in [3.63, 3.8) is 0 Å². The molecule has 30 heavy (non-hydrogen) atoms. The molecule has 1 saturated heterocycles. The number of furan rings is 1. The number of pyridine rings is 1. The molecule has 1 unspecified atom stereocenters. The van der Waals surface area contributed by atoms with Gasteiger partial charge >= 0.3 is 6.09 Å². The molecule has 1 aliphatic heterocycles. The van der Waals surface area contributed by atoms with Gasteiger partial charge in [-0.15, -0.1) is 0 Å². The van der Waals surface area contributed by atoms with Crippen LogP contribution in [0.15, 0.2) is 39.9 Å². The van der Waals surface area contributed by atoms with Gasteiger partial charge in [0, 0.05) is 36.9 Å². The standard InChI is InChI=1S/C21H27N5O4/c1-21(2,3)30-20(27)26-9-6-15(7-10-26)25(4)18(19-23-13-28-24-19)17-11-14-12-22-8-5-16(14)29-17/h5,8,11-13,15,18H,6-7,9-10H2,1-4H3. The lowest BCUT2D eigenvalue weighted by atomic mass is 10.0. The average molecular weight is 413 g/mol. The van der Waals surface area contributed by atoms with E-state index in [1.807, 2.05) is 40.0 Å². The number of fused-ring (bicyclic) bond motifs is 1. The molecule has 0 bridgehead atoms. The molecule has 1 amide bonds. The lowest BCUT2D eigenvalue weighted by Gasteiger charge is -2.39. The van der Waals surface area contributed by atoms with E-state index in [-0.39, 0.29) is 18.2 Å². The van der Waals surface area contributed by atoms with Crippen LogP contribution >= 0.6 is 0 Å². The van der Waals surface area contributed by atoms with Gasteiger partial charge in [-0.3, -0.25) is 9.88 Å². The van der Waals surface area contributed by atoms with Crippen LogP contribution in [0.3, 0.4) is 0 Å². The molecule has 4 heterocycles. The molecule has 9 heteroatoms. The lowest BCUT2D eigenvalue weighted by molar-refractivity contribution is 0.0135. The summed E-state index contributed by atoms with van der Waals surface area (Å²) in [7, 11) is 2.03. The third kappa shape index (κ3) is 4.30. The number of likely N-dealkylation sites (tertiary alicyclic amines) is 1. The average Bonchev–Trinajstić information content (AvgIpc) is 3.37. The second kappa shape index (κ2) is 8.06. The number of hydrogen-bond donors (Lipinski definition) is 0. The van der Waals surface area contributed by atoms with E-state index >= 15 is 0 Å². The van der Waals surface area contributed by atoms with Gasteiger partial charge in [0.15, 0.2) is 5.82 Å². The Balaban J connectivity index is 1.51. The molecule has 160 valence electrons. The number of aromatic nitrogens is 3. The van der Waals surface area contributed by atoms with E-state index in [0.717, 1.165) is 29.6 Å². The fraction of sp³-hybridized carbons (Fsp3) is 0.524. The van der Waals surface area contributed by atoms with Gasteiger partial charge < -0.3 is 18.6 Å². The molecule has 0 saturated carbocycles. The number of amides is 1. The van der Waals surface area contributed by atoms with E-state index in [1.165, 1.54) is 6.39 Å². The smallest absolute Gasteiger partial charge is 0.410 e. The highest BCUT2D eigenvalue weighted by molar-refractivity contribution is 5.76. The van der Waals surface area contributed by atoms with E-state index in [0.29, 0.717) is 18.9 Å². The monoisotopic (exact) mass is 413 g/mol. The quantitative estimate of drug-likeness (QED) is 0.639. The van der Waals surface area contributed by atoms with Crippen molar-refractivity contribution in [2.45, 2.75) is 51.3 Å². The number of carbonyl (C=O) groups excluding carboxylic acids is 1. The van der Waals surface area contributed by atoms with E-state index < -0.39 is 5.60 Å². The van der Waals surface area contributed by atoms with Crippen molar-refractivity contribution in [1.29, 1.82) is 0 Å². The molecular weight excluding hydrogens is 386 g/mol. The molecule has 0 N–H and O–H groups in total. The zero-order valence-electron chi connectivity index (χ0n) is 17.7. The van der Waals surface area contributed by atoms with Gasteiger partial charge in [0.25, 0.3) is 0 Å². The van der Waals surface area contributed by atoms with E-state index in [1.54, 1.807) is 17.3 Å². The van der Waals surface area contributed by atoms with E-state index in [4.69, 9.17) is 13.7 Å². The molecule has 0 radical (unpaired) electrons. The fourth-order valence-corrected chi connectivity index (χ4v) is 3.84. The molecule has 3 aromatic rings. The third-order valence-corrected chi connectivity index (χ3v) is 5.33. The minimum absolute atomic E-state index is 0.221. The van der Waals surface area contributed by atoms with Crippen LogP contribution in [0.4, 0.5) is 4.79 Å². The summed E-state index contributed by atoms with van der Waals surface area (Å²) >= 11 is 0. The van der Waals surface area contributed by atoms with Gasteiger partial charge in [-0.05, 0) is 52.8 Å². The molecule has 0 aromatic carbocycles. The summed E-state index contributed by atoms with van der Waals surface area (Å²) < 4.78 is 16.6. The van der Waals surface area contributed by atoms with Crippen LogP contribution in [0.2, 0.25) is 0 Å². The Hall–Kier alpha value is -2.94. The lowest BCUT2D eigenvalue weighted by Crippen LogP contribution is -2.48. The van der Waals surface area contributed by atoms with Crippen LogP contribution in [0.1, 0.15) is 51.2 Å². The summed E-state index contributed by atoms with van der Waals surface area (Å²) in [5, 5.41) is 5.00. The van der Waals surface area contributed by atoms with E-state index in [2.05, 4.69) is 20.0 Å². The van der Waals surface area contributed by atoms with Gasteiger partial charge in [-0.2, -0.15) is 4.98 Å². The maximum Gasteiger partial charge on any atom is 0.410 e. The first-order valence-corrected chi connectivity index (χ1v) is 10.1. The zero-order chi connectivity index (χ0) is 21.3. The number of ether oxygens (including phenoxy) is 1. The van der Waals surface area contributed by atoms with Gasteiger partial charge in [0.1, 0.15) is 23.0 Å². The number of carbonyl (C=O) groups is 1. The Kier molecular flexibility index (Phi) is 5.46. The Labute approximate surface area is 175 Å². The predicted molar refractivity (Wildman–Crippen MR) is 109 cm³/mol. The Morgan fingerprint density at radius 2 is 2.10 bits per heavy atom. The highest BCUT2D eigenvalue weighted by Crippen LogP contribution is 2.33. The summed E-state index contributed by atoms with van der Waals surface area (Å²) in [6.07, 6.45) is 6.16. The Morgan fingerprint density at radius 3 is 2.73 bits per heavy atom. The second-order valence-electron chi connectivity index (χ2n) is 8.62. The fourth-order valence-electron chi connectivity index (χ4n) is 3.84. The summed E-state index contributed by atoms with van der Waals surface area (Å²) in [5.74, 6) is 1.27. The molecule has 3 aromatic heterocycles. The van der Waals surface area contributed by atoms with Crippen molar-refractivity contribution in [3.8, 4) is 0 Å². The minimum atomic E-state index is -0.495. The van der Waals surface area contributed by atoms with E-state index in [9.17, 15) is 4.79 Å². The first-order valence-electron chi connectivity index (χ1n) is 10.1. The maximum atomic E-state index is 12.4. The number of piperidine rings is 1. The molecule has 0 aliphatic carbocycles. The van der Waals surface area contributed by atoms with Crippen molar-refractivity contribution >= 4 is 17.1 Å². The molecule has 1 fully saturated rings. The van der Waals surface area contributed by atoms with Crippen molar-refractivity contribution in [1.82, 2.24) is 24.9 Å².